The number of aromatic nitrogens is 3. The Morgan fingerprint density at radius 3 is 2.73 bits per heavy atom. The van der Waals surface area contributed by atoms with Gasteiger partial charge >= 0.3 is 0 Å². The van der Waals surface area contributed by atoms with Crippen LogP contribution < -0.4 is 10.9 Å². The van der Waals surface area contributed by atoms with E-state index in [1.807, 2.05) is 42.5 Å². The zero-order chi connectivity index (χ0) is 20.8. The van der Waals surface area contributed by atoms with Crippen molar-refractivity contribution in [1.82, 2.24) is 15.0 Å². The summed E-state index contributed by atoms with van der Waals surface area (Å²) >= 11 is 0. The Balaban J connectivity index is 1.40. The molecule has 0 spiro atoms. The van der Waals surface area contributed by atoms with Gasteiger partial charge in [0.25, 0.3) is 5.56 Å². The Morgan fingerprint density at radius 2 is 1.87 bits per heavy atom. The fraction of sp³-hybridized carbons (Fsp3) is 0.0833. The van der Waals surface area contributed by atoms with E-state index in [2.05, 4.69) is 32.1 Å². The van der Waals surface area contributed by atoms with E-state index in [1.165, 1.54) is 0 Å². The molecule has 0 aliphatic carbocycles. The highest BCUT2D eigenvalue weighted by Gasteiger charge is 2.07. The van der Waals surface area contributed by atoms with Gasteiger partial charge in [0.05, 0.1) is 10.9 Å². The van der Waals surface area contributed by atoms with E-state index in [0.717, 1.165) is 5.56 Å². The highest BCUT2D eigenvalue weighted by Crippen LogP contribution is 2.11. The minimum absolute atomic E-state index is 0.166. The van der Waals surface area contributed by atoms with Crippen LogP contribution in [0.4, 0.5) is 5.69 Å². The number of nitrogens with one attached hydrogen (secondary N) is 2. The number of pyridine rings is 1. The van der Waals surface area contributed by atoms with Crippen molar-refractivity contribution in [1.29, 1.82) is 0 Å². The van der Waals surface area contributed by atoms with E-state index in [-0.39, 0.29) is 17.9 Å². The van der Waals surface area contributed by atoms with Gasteiger partial charge in [-0.05, 0) is 48.4 Å². The van der Waals surface area contributed by atoms with Crippen molar-refractivity contribution in [3.05, 3.63) is 100 Å². The topological polar surface area (TPSA) is 87.7 Å². The maximum absolute atomic E-state index is 12.3. The zero-order valence-corrected chi connectivity index (χ0v) is 16.1. The molecule has 0 saturated heterocycles. The van der Waals surface area contributed by atoms with Gasteiger partial charge in [0.2, 0.25) is 5.91 Å². The molecule has 6 nitrogen and oxygen atoms in total. The van der Waals surface area contributed by atoms with Crippen LogP contribution in [-0.2, 0) is 11.2 Å². The van der Waals surface area contributed by atoms with Crippen molar-refractivity contribution >= 4 is 22.5 Å². The normalized spacial score (nSPS) is 10.3. The van der Waals surface area contributed by atoms with Crippen LogP contribution in [0.5, 0.6) is 0 Å². The number of hydrogen-bond acceptors (Lipinski definition) is 4. The third kappa shape index (κ3) is 4.78. The van der Waals surface area contributed by atoms with Crippen LogP contribution in [0, 0.1) is 11.8 Å². The second-order valence-electron chi connectivity index (χ2n) is 6.62. The number of carbonyl (C=O) groups is 1. The molecule has 4 rings (SSSR count). The molecule has 0 fully saturated rings. The van der Waals surface area contributed by atoms with Crippen LogP contribution in [0.15, 0.2) is 77.7 Å². The SMILES string of the molecule is O=C(CCc1nc2ccccc2c(=O)[nH]1)Nc1cccc(C#Cc2ccccn2)c1. The Morgan fingerprint density at radius 1 is 1.00 bits per heavy atom. The quantitative estimate of drug-likeness (QED) is 0.520. The first-order valence-electron chi connectivity index (χ1n) is 9.48. The fourth-order valence-corrected chi connectivity index (χ4v) is 2.96. The van der Waals surface area contributed by atoms with Gasteiger partial charge in [-0.25, -0.2) is 9.97 Å². The standard InChI is InChI=1S/C24H18N4O2/c29-23(14-13-22-27-21-10-2-1-9-20(21)24(30)28-22)26-19-8-5-6-17(16-19)11-12-18-7-3-4-15-25-18/h1-10,15-16H,13-14H2,(H,26,29)(H,27,28,30). The lowest BCUT2D eigenvalue weighted by Gasteiger charge is -2.06. The summed E-state index contributed by atoms with van der Waals surface area (Å²) in [5, 5.41) is 3.40. The minimum Gasteiger partial charge on any atom is -0.326 e. The summed E-state index contributed by atoms with van der Waals surface area (Å²) in [6, 6.07) is 20.0. The van der Waals surface area contributed by atoms with E-state index >= 15 is 0 Å². The maximum atomic E-state index is 12.3. The molecule has 6 heteroatoms. The van der Waals surface area contributed by atoms with Gasteiger partial charge in [-0.15, -0.1) is 0 Å². The molecule has 0 atom stereocenters. The largest absolute Gasteiger partial charge is 0.326 e. The van der Waals surface area contributed by atoms with E-state index in [9.17, 15) is 9.59 Å². The molecule has 0 aliphatic heterocycles. The molecule has 4 aromatic rings. The van der Waals surface area contributed by atoms with Gasteiger partial charge in [0, 0.05) is 30.3 Å². The first-order valence-corrected chi connectivity index (χ1v) is 9.48. The first kappa shape index (κ1) is 19.1. The number of aryl methyl sites for hydroxylation is 1. The van der Waals surface area contributed by atoms with Gasteiger partial charge in [-0.1, -0.05) is 30.2 Å². The molecule has 1 amide bonds. The number of hydrogen-bond donors (Lipinski definition) is 2. The smallest absolute Gasteiger partial charge is 0.258 e. The third-order valence-corrected chi connectivity index (χ3v) is 4.40. The predicted octanol–water partition coefficient (Wildman–Crippen LogP) is 3.29. The number of anilines is 1. The van der Waals surface area contributed by atoms with E-state index < -0.39 is 0 Å². The molecule has 0 saturated carbocycles. The first-order chi connectivity index (χ1) is 14.7. The lowest BCUT2D eigenvalue weighted by molar-refractivity contribution is -0.116. The predicted molar refractivity (Wildman–Crippen MR) is 116 cm³/mol. The molecular formula is C24H18N4O2. The molecule has 0 bridgehead atoms. The van der Waals surface area contributed by atoms with Crippen molar-refractivity contribution in [3.8, 4) is 11.8 Å². The van der Waals surface area contributed by atoms with Gasteiger partial charge in [-0.2, -0.15) is 0 Å². The summed E-state index contributed by atoms with van der Waals surface area (Å²) in [6.07, 6.45) is 2.23. The summed E-state index contributed by atoms with van der Waals surface area (Å²) in [5.41, 5.74) is 2.54. The van der Waals surface area contributed by atoms with E-state index in [0.29, 0.717) is 34.5 Å². The Labute approximate surface area is 173 Å². The van der Waals surface area contributed by atoms with Gasteiger partial charge in [0.1, 0.15) is 11.5 Å². The number of benzene rings is 2. The summed E-state index contributed by atoms with van der Waals surface area (Å²) in [4.78, 5) is 35.8. The van der Waals surface area contributed by atoms with Crippen LogP contribution >= 0.6 is 0 Å². The Hall–Kier alpha value is -4.24. The molecule has 2 aromatic heterocycles. The number of para-hydroxylation sites is 1. The summed E-state index contributed by atoms with van der Waals surface area (Å²) in [5.74, 6) is 6.36. The number of amides is 1. The molecule has 146 valence electrons. The van der Waals surface area contributed by atoms with E-state index in [4.69, 9.17) is 0 Å². The van der Waals surface area contributed by atoms with Crippen LogP contribution in [0.3, 0.4) is 0 Å². The number of carbonyl (C=O) groups excluding carboxylic acids is 1. The number of nitrogens with zero attached hydrogens (tertiary/aromatic N) is 2. The Bertz CT molecular complexity index is 1320. The van der Waals surface area contributed by atoms with Crippen molar-refractivity contribution in [2.24, 2.45) is 0 Å². The van der Waals surface area contributed by atoms with Gasteiger partial charge in [0.15, 0.2) is 0 Å². The van der Waals surface area contributed by atoms with Crippen LogP contribution in [0.1, 0.15) is 23.5 Å². The average molecular weight is 394 g/mol. The second kappa shape index (κ2) is 8.84. The lowest BCUT2D eigenvalue weighted by atomic mass is 10.2. The van der Waals surface area contributed by atoms with Crippen molar-refractivity contribution in [2.45, 2.75) is 12.8 Å². The lowest BCUT2D eigenvalue weighted by Crippen LogP contribution is -2.16. The highest BCUT2D eigenvalue weighted by molar-refractivity contribution is 5.91. The van der Waals surface area contributed by atoms with Gasteiger partial charge in [-0.3, -0.25) is 9.59 Å². The maximum Gasteiger partial charge on any atom is 0.258 e. The van der Waals surface area contributed by atoms with Crippen molar-refractivity contribution in [3.63, 3.8) is 0 Å². The summed E-state index contributed by atoms with van der Waals surface area (Å²) < 4.78 is 0. The summed E-state index contributed by atoms with van der Waals surface area (Å²) in [7, 11) is 0. The van der Waals surface area contributed by atoms with Crippen molar-refractivity contribution in [2.75, 3.05) is 5.32 Å². The molecular weight excluding hydrogens is 376 g/mol. The molecule has 0 aliphatic rings. The second-order valence-corrected chi connectivity index (χ2v) is 6.62. The minimum atomic E-state index is -0.199. The molecule has 0 radical (unpaired) electrons. The monoisotopic (exact) mass is 394 g/mol. The number of aromatic amines is 1. The number of fused-ring (bicyclic) bond motifs is 1. The number of rotatable bonds is 4. The highest BCUT2D eigenvalue weighted by atomic mass is 16.1. The summed E-state index contributed by atoms with van der Waals surface area (Å²) in [6.45, 7) is 0. The fourth-order valence-electron chi connectivity index (χ4n) is 2.96. The molecule has 2 N–H and O–H groups in total. The van der Waals surface area contributed by atoms with Crippen LogP contribution in [-0.4, -0.2) is 20.9 Å². The third-order valence-electron chi connectivity index (χ3n) is 4.40. The molecule has 2 heterocycles. The van der Waals surface area contributed by atoms with E-state index in [1.54, 1.807) is 30.5 Å². The van der Waals surface area contributed by atoms with Crippen LogP contribution in [0.2, 0.25) is 0 Å². The average Bonchev–Trinajstić information content (AvgIpc) is 2.77. The molecule has 0 unspecified atom stereocenters. The Kier molecular flexibility index (Phi) is 5.63. The number of H-pyrrole nitrogens is 1. The zero-order valence-electron chi connectivity index (χ0n) is 16.1. The molecule has 2 aromatic carbocycles. The van der Waals surface area contributed by atoms with Gasteiger partial charge < -0.3 is 10.3 Å². The molecule has 30 heavy (non-hydrogen) atoms. The van der Waals surface area contributed by atoms with Crippen LogP contribution in [0.25, 0.3) is 10.9 Å². The van der Waals surface area contributed by atoms with Crippen molar-refractivity contribution < 1.29 is 4.79 Å².